The SMILES string of the molecule is Cc1nnc(SCC(=O)Nc2c(Cl)cc(S(N)(=O)=O)cc2Cl)s1. The Hall–Kier alpha value is -0.910. The number of nitrogens with zero attached hydrogens (tertiary/aromatic N) is 2. The van der Waals surface area contributed by atoms with Crippen LogP contribution in [0.2, 0.25) is 10.0 Å². The predicted molar refractivity (Wildman–Crippen MR) is 91.8 cm³/mol. The number of hydrogen-bond donors (Lipinski definition) is 2. The summed E-state index contributed by atoms with van der Waals surface area (Å²) in [5, 5.41) is 16.0. The molecule has 2 aromatic rings. The van der Waals surface area contributed by atoms with Gasteiger partial charge in [-0.25, -0.2) is 13.6 Å². The molecule has 1 aromatic heterocycles. The number of nitrogens with one attached hydrogen (secondary N) is 1. The number of rotatable bonds is 5. The summed E-state index contributed by atoms with van der Waals surface area (Å²) in [4.78, 5) is 11.7. The van der Waals surface area contributed by atoms with Crippen molar-refractivity contribution in [2.75, 3.05) is 11.1 Å². The molecular weight excluding hydrogens is 403 g/mol. The molecule has 12 heteroatoms. The largest absolute Gasteiger partial charge is 0.323 e. The van der Waals surface area contributed by atoms with Gasteiger partial charge in [0.1, 0.15) is 5.01 Å². The molecule has 0 fully saturated rings. The molecule has 7 nitrogen and oxygen atoms in total. The summed E-state index contributed by atoms with van der Waals surface area (Å²) in [6.07, 6.45) is 0. The molecule has 0 unspecified atom stereocenters. The van der Waals surface area contributed by atoms with E-state index in [0.29, 0.717) is 4.34 Å². The van der Waals surface area contributed by atoms with Crippen LogP contribution >= 0.6 is 46.3 Å². The van der Waals surface area contributed by atoms with Crippen LogP contribution in [0.1, 0.15) is 5.01 Å². The molecule has 2 rings (SSSR count). The van der Waals surface area contributed by atoms with Crippen LogP contribution in [0, 0.1) is 6.92 Å². The normalized spacial score (nSPS) is 11.5. The maximum atomic E-state index is 11.9. The molecule has 0 spiro atoms. The summed E-state index contributed by atoms with van der Waals surface area (Å²) >= 11 is 14.5. The van der Waals surface area contributed by atoms with Crippen molar-refractivity contribution in [2.24, 2.45) is 5.14 Å². The third-order valence-electron chi connectivity index (χ3n) is 2.44. The van der Waals surface area contributed by atoms with Gasteiger partial charge in [0.15, 0.2) is 4.34 Å². The first kappa shape index (κ1) is 18.4. The van der Waals surface area contributed by atoms with E-state index in [4.69, 9.17) is 28.3 Å². The molecule has 0 atom stereocenters. The number of aromatic nitrogens is 2. The van der Waals surface area contributed by atoms with E-state index in [0.717, 1.165) is 17.1 Å². The fraction of sp³-hybridized carbons (Fsp3) is 0.182. The first-order chi connectivity index (χ1) is 10.7. The molecule has 3 N–H and O–H groups in total. The quantitative estimate of drug-likeness (QED) is 0.728. The van der Waals surface area contributed by atoms with Crippen molar-refractivity contribution >= 4 is 67.9 Å². The second kappa shape index (κ2) is 7.32. The Balaban J connectivity index is 2.09. The lowest BCUT2D eigenvalue weighted by molar-refractivity contribution is -0.113. The number of aryl methyl sites for hydroxylation is 1. The van der Waals surface area contributed by atoms with Gasteiger partial charge in [-0.1, -0.05) is 46.3 Å². The third-order valence-corrected chi connectivity index (χ3v) is 5.90. The van der Waals surface area contributed by atoms with E-state index < -0.39 is 10.0 Å². The van der Waals surface area contributed by atoms with Gasteiger partial charge in [-0.15, -0.1) is 10.2 Å². The van der Waals surface area contributed by atoms with Crippen molar-refractivity contribution in [2.45, 2.75) is 16.2 Å². The van der Waals surface area contributed by atoms with Crippen LogP contribution in [-0.2, 0) is 14.8 Å². The number of hydrogen-bond acceptors (Lipinski definition) is 7. The second-order valence-electron chi connectivity index (χ2n) is 4.23. The molecule has 0 aliphatic heterocycles. The highest BCUT2D eigenvalue weighted by atomic mass is 35.5. The molecule has 1 heterocycles. The van der Waals surface area contributed by atoms with Crippen molar-refractivity contribution < 1.29 is 13.2 Å². The molecule has 0 saturated carbocycles. The average molecular weight is 413 g/mol. The van der Waals surface area contributed by atoms with Crippen LogP contribution < -0.4 is 10.5 Å². The topological polar surface area (TPSA) is 115 Å². The number of halogens is 2. The second-order valence-corrected chi connectivity index (χ2v) is 9.01. The Kier molecular flexibility index (Phi) is 5.87. The van der Waals surface area contributed by atoms with Crippen LogP contribution in [0.3, 0.4) is 0 Å². The Bertz CT molecular complexity index is 831. The monoisotopic (exact) mass is 412 g/mol. The number of anilines is 1. The zero-order valence-electron chi connectivity index (χ0n) is 11.5. The van der Waals surface area contributed by atoms with E-state index in [2.05, 4.69) is 15.5 Å². The number of thioether (sulfide) groups is 1. The molecule has 1 amide bonds. The Morgan fingerprint density at radius 2 is 1.96 bits per heavy atom. The lowest BCUT2D eigenvalue weighted by atomic mass is 10.3. The van der Waals surface area contributed by atoms with Gasteiger partial charge in [0, 0.05) is 0 Å². The minimum absolute atomic E-state index is 0.0216. The number of sulfonamides is 1. The van der Waals surface area contributed by atoms with Gasteiger partial charge in [-0.3, -0.25) is 4.79 Å². The van der Waals surface area contributed by atoms with Gasteiger partial charge in [0.05, 0.1) is 26.4 Å². The average Bonchev–Trinajstić information content (AvgIpc) is 2.85. The van der Waals surface area contributed by atoms with E-state index in [1.54, 1.807) is 0 Å². The summed E-state index contributed by atoms with van der Waals surface area (Å²) < 4.78 is 23.2. The van der Waals surface area contributed by atoms with E-state index in [9.17, 15) is 13.2 Å². The zero-order valence-corrected chi connectivity index (χ0v) is 15.5. The highest BCUT2D eigenvalue weighted by molar-refractivity contribution is 8.01. The number of nitrogens with two attached hydrogens (primary N) is 1. The van der Waals surface area contributed by atoms with Gasteiger partial charge < -0.3 is 5.32 Å². The fourth-order valence-corrected chi connectivity index (χ4v) is 4.36. The Labute approximate surface area is 150 Å². The highest BCUT2D eigenvalue weighted by Crippen LogP contribution is 2.33. The molecule has 1 aromatic carbocycles. The first-order valence-corrected chi connectivity index (χ1v) is 10.0. The third kappa shape index (κ3) is 5.03. The number of carbonyl (C=O) groups is 1. The molecule has 0 aliphatic rings. The highest BCUT2D eigenvalue weighted by Gasteiger charge is 2.17. The number of primary sulfonamides is 1. The molecular formula is C11H10Cl2N4O3S3. The molecule has 0 bridgehead atoms. The standard InChI is InChI=1S/C11H10Cl2N4O3S3/c1-5-16-17-11(22-5)21-4-9(18)15-10-7(12)2-6(3-8(10)13)23(14,19)20/h2-3H,4H2,1H3,(H,15,18)(H2,14,19,20). The van der Waals surface area contributed by atoms with Gasteiger partial charge in [-0.2, -0.15) is 0 Å². The van der Waals surface area contributed by atoms with Crippen molar-refractivity contribution in [3.05, 3.63) is 27.2 Å². The smallest absolute Gasteiger partial charge is 0.238 e. The van der Waals surface area contributed by atoms with E-state index in [1.807, 2.05) is 6.92 Å². The zero-order chi connectivity index (χ0) is 17.2. The van der Waals surface area contributed by atoms with Gasteiger partial charge >= 0.3 is 0 Å². The van der Waals surface area contributed by atoms with E-state index >= 15 is 0 Å². The summed E-state index contributed by atoms with van der Waals surface area (Å²) in [5.41, 5.74) is 0.125. The molecule has 23 heavy (non-hydrogen) atoms. The van der Waals surface area contributed by atoms with Gasteiger partial charge in [0.25, 0.3) is 0 Å². The summed E-state index contributed by atoms with van der Waals surface area (Å²) in [6.45, 7) is 1.81. The van der Waals surface area contributed by atoms with Crippen LogP contribution in [0.4, 0.5) is 5.69 Å². The summed E-state index contributed by atoms with van der Waals surface area (Å²) in [7, 11) is -3.94. The van der Waals surface area contributed by atoms with Gasteiger partial charge in [-0.05, 0) is 19.1 Å². The van der Waals surface area contributed by atoms with Gasteiger partial charge in [0.2, 0.25) is 15.9 Å². The van der Waals surface area contributed by atoms with Crippen LogP contribution in [0.25, 0.3) is 0 Å². The number of amides is 1. The first-order valence-electron chi connectivity index (χ1n) is 5.91. The maximum absolute atomic E-state index is 11.9. The summed E-state index contributed by atoms with van der Waals surface area (Å²) in [6, 6.07) is 2.25. The van der Waals surface area contributed by atoms with Crippen LogP contribution in [0.15, 0.2) is 21.4 Å². The predicted octanol–water partition coefficient (Wildman–Crippen LogP) is 2.53. The molecule has 0 radical (unpaired) electrons. The van der Waals surface area contributed by atoms with Crippen molar-refractivity contribution in [1.82, 2.24) is 10.2 Å². The van der Waals surface area contributed by atoms with Crippen molar-refractivity contribution in [3.8, 4) is 0 Å². The maximum Gasteiger partial charge on any atom is 0.238 e. The minimum Gasteiger partial charge on any atom is -0.323 e. The van der Waals surface area contributed by atoms with Crippen LogP contribution in [0.5, 0.6) is 0 Å². The fourth-order valence-electron chi connectivity index (χ4n) is 1.47. The Morgan fingerprint density at radius 1 is 1.35 bits per heavy atom. The molecule has 0 aliphatic carbocycles. The minimum atomic E-state index is -3.94. The number of carbonyl (C=O) groups excluding carboxylic acids is 1. The molecule has 124 valence electrons. The number of benzene rings is 1. The van der Waals surface area contributed by atoms with Crippen molar-refractivity contribution in [1.29, 1.82) is 0 Å². The lowest BCUT2D eigenvalue weighted by Gasteiger charge is -2.10. The van der Waals surface area contributed by atoms with Crippen LogP contribution in [-0.4, -0.2) is 30.3 Å². The van der Waals surface area contributed by atoms with E-state index in [-0.39, 0.29) is 32.3 Å². The summed E-state index contributed by atoms with van der Waals surface area (Å²) in [5.74, 6) is -0.284. The lowest BCUT2D eigenvalue weighted by Crippen LogP contribution is -2.16. The molecule has 0 saturated heterocycles. The Morgan fingerprint density at radius 3 is 2.43 bits per heavy atom. The van der Waals surface area contributed by atoms with E-state index in [1.165, 1.54) is 23.1 Å². The van der Waals surface area contributed by atoms with Crippen molar-refractivity contribution in [3.63, 3.8) is 0 Å².